The molecule has 2 amide bonds. The van der Waals surface area contributed by atoms with E-state index in [2.05, 4.69) is 5.32 Å². The molecule has 0 spiro atoms. The average molecular weight is 538 g/mol. The summed E-state index contributed by atoms with van der Waals surface area (Å²) in [6.45, 7) is 1.69. The molecule has 0 aliphatic carbocycles. The number of nitrogens with zero attached hydrogens (tertiary/aromatic N) is 2. The van der Waals surface area contributed by atoms with Gasteiger partial charge in [0.15, 0.2) is 10.9 Å². The van der Waals surface area contributed by atoms with Crippen molar-refractivity contribution in [2.75, 3.05) is 35.8 Å². The molecule has 3 aromatic rings. The van der Waals surface area contributed by atoms with Crippen molar-refractivity contribution in [3.63, 3.8) is 0 Å². The Hall–Kier alpha value is -3.33. The monoisotopic (exact) mass is 537 g/mol. The summed E-state index contributed by atoms with van der Waals surface area (Å²) in [6.07, 6.45) is 1.74. The van der Waals surface area contributed by atoms with Crippen molar-refractivity contribution in [3.8, 4) is 5.75 Å². The lowest BCUT2D eigenvalue weighted by molar-refractivity contribution is -0.118. The molecule has 1 aliphatic heterocycles. The number of hydrogen-bond donors (Lipinski definition) is 1. The molecular formula is C27H24ClN3O3S2. The number of hydrogen-bond acceptors (Lipinski definition) is 6. The van der Waals surface area contributed by atoms with Crippen LogP contribution < -0.4 is 19.9 Å². The van der Waals surface area contributed by atoms with Gasteiger partial charge in [-0.3, -0.25) is 14.5 Å². The molecule has 6 nitrogen and oxygen atoms in total. The molecule has 0 unspecified atom stereocenters. The Balaban J connectivity index is 1.47. The normalized spacial score (nSPS) is 14.3. The van der Waals surface area contributed by atoms with Crippen molar-refractivity contribution >= 4 is 74.9 Å². The summed E-state index contributed by atoms with van der Waals surface area (Å²) in [5, 5.41) is 3.35. The van der Waals surface area contributed by atoms with Crippen molar-refractivity contribution in [1.29, 1.82) is 0 Å². The molecule has 0 saturated carbocycles. The number of carbonyl (C=O) groups is 2. The number of halogens is 1. The topological polar surface area (TPSA) is 61.9 Å². The fraction of sp³-hybridized carbons (Fsp3) is 0.148. The van der Waals surface area contributed by atoms with Gasteiger partial charge in [-0.25, -0.2) is 0 Å². The van der Waals surface area contributed by atoms with E-state index in [0.29, 0.717) is 36.9 Å². The number of anilines is 3. The summed E-state index contributed by atoms with van der Waals surface area (Å²) in [4.78, 5) is 29.6. The van der Waals surface area contributed by atoms with Gasteiger partial charge in [-0.1, -0.05) is 59.8 Å². The van der Waals surface area contributed by atoms with E-state index >= 15 is 0 Å². The minimum Gasteiger partial charge on any atom is -0.483 e. The Morgan fingerprint density at radius 1 is 1.14 bits per heavy atom. The van der Waals surface area contributed by atoms with Crippen molar-refractivity contribution in [2.45, 2.75) is 6.92 Å². The SMILES string of the molecule is Cc1ccc(NC(=O)COc2ccccc2/C=C2\SC(=S)N(c3ccc(N(C)C)cc3)C2=O)cc1Cl. The number of thioether (sulfide) groups is 1. The lowest BCUT2D eigenvalue weighted by Gasteiger charge is -2.17. The van der Waals surface area contributed by atoms with Crippen LogP contribution in [0.2, 0.25) is 5.02 Å². The summed E-state index contributed by atoms with van der Waals surface area (Å²) < 4.78 is 6.24. The number of amides is 2. The molecule has 1 N–H and O–H groups in total. The maximum absolute atomic E-state index is 13.2. The molecule has 0 atom stereocenters. The Kier molecular flexibility index (Phi) is 7.98. The number of thiocarbonyl (C=S) groups is 1. The van der Waals surface area contributed by atoms with Gasteiger partial charge in [0, 0.05) is 36.1 Å². The van der Waals surface area contributed by atoms with Crippen molar-refractivity contribution in [2.24, 2.45) is 0 Å². The third kappa shape index (κ3) is 5.90. The zero-order valence-corrected chi connectivity index (χ0v) is 22.3. The highest BCUT2D eigenvalue weighted by molar-refractivity contribution is 8.27. The Morgan fingerprint density at radius 3 is 2.56 bits per heavy atom. The molecule has 184 valence electrons. The van der Waals surface area contributed by atoms with E-state index in [1.807, 2.05) is 74.4 Å². The van der Waals surface area contributed by atoms with Gasteiger partial charge in [0.05, 0.1) is 10.6 Å². The lowest BCUT2D eigenvalue weighted by Crippen LogP contribution is -2.27. The third-order valence-corrected chi connectivity index (χ3v) is 7.15. The van der Waals surface area contributed by atoms with Gasteiger partial charge in [-0.15, -0.1) is 0 Å². The second kappa shape index (κ2) is 11.2. The number of nitrogens with one attached hydrogen (secondary N) is 1. The minimum absolute atomic E-state index is 0.199. The summed E-state index contributed by atoms with van der Waals surface area (Å²) in [5.74, 6) is -0.0428. The summed E-state index contributed by atoms with van der Waals surface area (Å²) in [7, 11) is 3.91. The van der Waals surface area contributed by atoms with E-state index in [4.69, 9.17) is 28.6 Å². The van der Waals surface area contributed by atoms with E-state index in [-0.39, 0.29) is 18.4 Å². The highest BCUT2D eigenvalue weighted by Gasteiger charge is 2.33. The average Bonchev–Trinajstić information content (AvgIpc) is 3.13. The molecule has 4 rings (SSSR count). The molecular weight excluding hydrogens is 514 g/mol. The van der Waals surface area contributed by atoms with Crippen LogP contribution in [-0.4, -0.2) is 36.8 Å². The second-order valence-electron chi connectivity index (χ2n) is 8.27. The van der Waals surface area contributed by atoms with E-state index in [0.717, 1.165) is 11.3 Å². The Morgan fingerprint density at radius 2 is 1.86 bits per heavy atom. The summed E-state index contributed by atoms with van der Waals surface area (Å²) in [5.41, 5.74) is 3.93. The van der Waals surface area contributed by atoms with Gasteiger partial charge >= 0.3 is 0 Å². The van der Waals surface area contributed by atoms with Gasteiger partial charge in [-0.05, 0) is 61.0 Å². The first kappa shape index (κ1) is 25.8. The number of benzene rings is 3. The molecule has 3 aromatic carbocycles. The van der Waals surface area contributed by atoms with Gasteiger partial charge in [0.1, 0.15) is 5.75 Å². The summed E-state index contributed by atoms with van der Waals surface area (Å²) >= 11 is 12.9. The van der Waals surface area contributed by atoms with E-state index in [9.17, 15) is 9.59 Å². The van der Waals surface area contributed by atoms with Crippen molar-refractivity contribution in [1.82, 2.24) is 0 Å². The highest BCUT2D eigenvalue weighted by atomic mass is 35.5. The van der Waals surface area contributed by atoms with E-state index < -0.39 is 0 Å². The molecule has 9 heteroatoms. The van der Waals surface area contributed by atoms with Crippen LogP contribution in [0.5, 0.6) is 5.75 Å². The van der Waals surface area contributed by atoms with Crippen LogP contribution in [0.3, 0.4) is 0 Å². The van der Waals surface area contributed by atoms with Crippen LogP contribution in [0.4, 0.5) is 17.1 Å². The standard InChI is InChI=1S/C27H24ClN3O3S2/c1-17-8-9-19(15-22(17)28)29-25(32)16-34-23-7-5-4-6-18(23)14-24-26(33)31(27(35)36-24)21-12-10-20(11-13-21)30(2)3/h4-15H,16H2,1-3H3,(H,29,32)/b24-14-. The van der Waals surface area contributed by atoms with Crippen LogP contribution in [0, 0.1) is 6.92 Å². The first-order valence-corrected chi connectivity index (χ1v) is 12.7. The van der Waals surface area contributed by atoms with Gasteiger partial charge in [-0.2, -0.15) is 0 Å². The molecule has 0 bridgehead atoms. The van der Waals surface area contributed by atoms with Crippen LogP contribution in [0.1, 0.15) is 11.1 Å². The summed E-state index contributed by atoms with van der Waals surface area (Å²) in [6, 6.07) is 20.2. The zero-order chi connectivity index (χ0) is 25.8. The van der Waals surface area contributed by atoms with Gasteiger partial charge in [0.25, 0.3) is 11.8 Å². The number of para-hydroxylation sites is 1. The number of rotatable bonds is 7. The Bertz CT molecular complexity index is 1360. The molecule has 1 saturated heterocycles. The second-order valence-corrected chi connectivity index (χ2v) is 10.3. The number of ether oxygens (including phenoxy) is 1. The molecule has 36 heavy (non-hydrogen) atoms. The Labute approximate surface area is 224 Å². The van der Waals surface area contributed by atoms with Crippen LogP contribution in [0.15, 0.2) is 71.6 Å². The largest absolute Gasteiger partial charge is 0.483 e. The predicted molar refractivity (Wildman–Crippen MR) is 153 cm³/mol. The van der Waals surface area contributed by atoms with Crippen LogP contribution in [-0.2, 0) is 9.59 Å². The van der Waals surface area contributed by atoms with Gasteiger partial charge < -0.3 is 15.0 Å². The smallest absolute Gasteiger partial charge is 0.270 e. The zero-order valence-electron chi connectivity index (χ0n) is 19.9. The molecule has 1 aliphatic rings. The first-order chi connectivity index (χ1) is 17.2. The highest BCUT2D eigenvalue weighted by Crippen LogP contribution is 2.37. The maximum Gasteiger partial charge on any atom is 0.270 e. The maximum atomic E-state index is 13.2. The number of aryl methyl sites for hydroxylation is 1. The van der Waals surface area contributed by atoms with Crippen molar-refractivity contribution in [3.05, 3.63) is 87.8 Å². The number of carbonyl (C=O) groups excluding carboxylic acids is 2. The van der Waals surface area contributed by atoms with Crippen LogP contribution >= 0.6 is 35.6 Å². The fourth-order valence-corrected chi connectivity index (χ4v) is 4.94. The fourth-order valence-electron chi connectivity index (χ4n) is 3.47. The lowest BCUT2D eigenvalue weighted by atomic mass is 10.2. The van der Waals surface area contributed by atoms with E-state index in [1.165, 1.54) is 16.7 Å². The van der Waals surface area contributed by atoms with E-state index in [1.54, 1.807) is 24.3 Å². The first-order valence-electron chi connectivity index (χ1n) is 11.1. The van der Waals surface area contributed by atoms with Crippen LogP contribution in [0.25, 0.3) is 6.08 Å². The van der Waals surface area contributed by atoms with Gasteiger partial charge in [0.2, 0.25) is 0 Å². The molecule has 1 fully saturated rings. The quantitative estimate of drug-likeness (QED) is 0.288. The molecule has 1 heterocycles. The minimum atomic E-state index is -0.322. The molecule has 0 aromatic heterocycles. The predicted octanol–water partition coefficient (Wildman–Crippen LogP) is 6.14. The molecule has 0 radical (unpaired) electrons. The van der Waals surface area contributed by atoms with Crippen molar-refractivity contribution < 1.29 is 14.3 Å². The third-order valence-electron chi connectivity index (χ3n) is 5.44.